The molecule has 4 heterocycles. The van der Waals surface area contributed by atoms with Gasteiger partial charge in [-0.2, -0.15) is 0 Å². The van der Waals surface area contributed by atoms with Crippen LogP contribution in [0.3, 0.4) is 0 Å². The standard InChI is InChI=1S/C43H34N3O.C18H24NSi.Ir/c1-26(2)28-17-13-18-29(27(3)4)41(28)46-37-22-11-8-19-34(37)44-43(46)33-24-25-38(40-32-16-7-12-23-39(32)47-42(33)40)45-35-20-9-5-14-30(35)31-15-6-10-21-36(31)45;1-14(2)11-16-12-17(15-9-7-6-8-10-15)19-13-18(16)20(3,4)5;/h5-23,25-27H,1-4H3;6-9,12-14H,11H2,1-5H3;/q2*-1;. The number of aromatic nitrogens is 4. The maximum absolute atomic E-state index is 6.85. The van der Waals surface area contributed by atoms with Gasteiger partial charge in [0.1, 0.15) is 5.58 Å². The van der Waals surface area contributed by atoms with Crippen LogP contribution < -0.4 is 5.19 Å². The minimum absolute atomic E-state index is 0. The Bertz CT molecular complexity index is 3510. The maximum atomic E-state index is 6.85. The van der Waals surface area contributed by atoms with Gasteiger partial charge in [-0.3, -0.25) is 4.98 Å². The number of nitrogens with zero attached hydrogens (tertiary/aromatic N) is 4. The zero-order chi connectivity index (χ0) is 46.6. The van der Waals surface area contributed by atoms with Gasteiger partial charge in [-0.05, 0) is 87.6 Å². The summed E-state index contributed by atoms with van der Waals surface area (Å²) < 4.78 is 11.6. The van der Waals surface area contributed by atoms with E-state index in [1.165, 1.54) is 38.3 Å². The number of benzene rings is 7. The smallest absolute Gasteiger partial charge is 0.121 e. The predicted molar refractivity (Wildman–Crippen MR) is 285 cm³/mol. The van der Waals surface area contributed by atoms with Crippen LogP contribution in [0, 0.1) is 18.1 Å². The summed E-state index contributed by atoms with van der Waals surface area (Å²) >= 11 is 0. The van der Waals surface area contributed by atoms with Gasteiger partial charge in [0.2, 0.25) is 0 Å². The fraction of sp³-hybridized carbons (Fsp3) is 0.213. The summed E-state index contributed by atoms with van der Waals surface area (Å²) in [6.07, 6.45) is 3.24. The number of pyridine rings is 1. The second-order valence-corrected chi connectivity index (χ2v) is 25.0. The normalized spacial score (nSPS) is 11.9. The molecule has 0 fully saturated rings. The van der Waals surface area contributed by atoms with E-state index in [-0.39, 0.29) is 20.1 Å². The molecule has 0 spiro atoms. The zero-order valence-corrected chi connectivity index (χ0v) is 43.9. The average Bonchev–Trinajstić information content (AvgIpc) is 4.01. The Morgan fingerprint density at radius 1 is 0.632 bits per heavy atom. The van der Waals surface area contributed by atoms with Crippen molar-refractivity contribution in [1.82, 2.24) is 19.1 Å². The monoisotopic (exact) mass is 1080 g/mol. The fourth-order valence-electron chi connectivity index (χ4n) is 9.95. The molecule has 0 saturated heterocycles. The van der Waals surface area contributed by atoms with E-state index in [1.54, 1.807) is 0 Å². The van der Waals surface area contributed by atoms with Gasteiger partial charge in [-0.25, -0.2) is 0 Å². The van der Waals surface area contributed by atoms with Crippen LogP contribution in [-0.2, 0) is 26.5 Å². The van der Waals surface area contributed by atoms with Crippen molar-refractivity contribution >= 4 is 68.0 Å². The molecule has 0 aliphatic carbocycles. The number of hydrogen-bond donors (Lipinski definition) is 0. The molecule has 1 radical (unpaired) electrons. The zero-order valence-electron chi connectivity index (χ0n) is 40.5. The third-order valence-corrected chi connectivity index (χ3v) is 15.1. The summed E-state index contributed by atoms with van der Waals surface area (Å²) in [6.45, 7) is 20.8. The average molecular weight is 1080 g/mol. The van der Waals surface area contributed by atoms with Crippen molar-refractivity contribution in [3.8, 4) is 34.0 Å². The van der Waals surface area contributed by atoms with Crippen LogP contribution in [0.15, 0.2) is 162 Å². The third kappa shape index (κ3) is 8.46. The molecule has 0 saturated carbocycles. The van der Waals surface area contributed by atoms with Gasteiger partial charge in [0.25, 0.3) is 0 Å². The van der Waals surface area contributed by atoms with E-state index in [9.17, 15) is 0 Å². The van der Waals surface area contributed by atoms with Gasteiger partial charge in [0.15, 0.2) is 0 Å². The van der Waals surface area contributed by atoms with Crippen molar-refractivity contribution in [2.75, 3.05) is 0 Å². The van der Waals surface area contributed by atoms with E-state index >= 15 is 0 Å². The van der Waals surface area contributed by atoms with E-state index in [0.29, 0.717) is 17.8 Å². The van der Waals surface area contributed by atoms with E-state index in [4.69, 9.17) is 9.40 Å². The molecule has 0 unspecified atom stereocenters. The van der Waals surface area contributed by atoms with Crippen LogP contribution >= 0.6 is 0 Å². The Morgan fingerprint density at radius 3 is 1.85 bits per heavy atom. The Labute approximate surface area is 415 Å². The van der Waals surface area contributed by atoms with Crippen LogP contribution in [0.4, 0.5) is 0 Å². The first-order chi connectivity index (χ1) is 32.4. The van der Waals surface area contributed by atoms with Crippen molar-refractivity contribution < 1.29 is 24.5 Å². The van der Waals surface area contributed by atoms with Crippen molar-refractivity contribution in [2.45, 2.75) is 79.4 Å². The predicted octanol–water partition coefficient (Wildman–Crippen LogP) is 16.0. The first-order valence-corrected chi connectivity index (χ1v) is 27.3. The van der Waals surface area contributed by atoms with Crippen LogP contribution in [0.5, 0.6) is 0 Å². The van der Waals surface area contributed by atoms with Gasteiger partial charge in [-0.15, -0.1) is 48.0 Å². The molecule has 0 amide bonds. The molecule has 0 N–H and O–H groups in total. The third-order valence-electron chi connectivity index (χ3n) is 13.0. The molecule has 0 atom stereocenters. The quantitative estimate of drug-likeness (QED) is 0.107. The van der Waals surface area contributed by atoms with Gasteiger partial charge < -0.3 is 18.5 Å². The van der Waals surface area contributed by atoms with Gasteiger partial charge >= 0.3 is 0 Å². The number of furan rings is 1. The number of hydrogen-bond acceptors (Lipinski definition) is 3. The van der Waals surface area contributed by atoms with Crippen LogP contribution in [0.25, 0.3) is 88.8 Å². The molecule has 68 heavy (non-hydrogen) atoms. The molecule has 11 rings (SSSR count). The number of para-hydroxylation sites is 6. The molecule has 5 nitrogen and oxygen atoms in total. The molecule has 0 aliphatic rings. The largest absolute Gasteiger partial charge is 0.500 e. The molecule has 0 aliphatic heterocycles. The van der Waals surface area contributed by atoms with Crippen LogP contribution in [0.1, 0.15) is 70.1 Å². The molecule has 7 aromatic carbocycles. The summed E-state index contributed by atoms with van der Waals surface area (Å²) in [5.41, 5.74) is 15.2. The molecular formula is C61H58IrN4OSi-2. The Balaban J connectivity index is 0.000000232. The maximum Gasteiger partial charge on any atom is 0.121 e. The second-order valence-electron chi connectivity index (χ2n) is 19.9. The molecule has 0 bridgehead atoms. The molecule has 7 heteroatoms. The van der Waals surface area contributed by atoms with Crippen molar-refractivity contribution in [1.29, 1.82) is 0 Å². The Kier molecular flexibility index (Phi) is 13.0. The van der Waals surface area contributed by atoms with E-state index in [1.807, 2.05) is 24.3 Å². The first-order valence-electron chi connectivity index (χ1n) is 23.8. The van der Waals surface area contributed by atoms with Crippen LogP contribution in [0.2, 0.25) is 19.6 Å². The summed E-state index contributed by atoms with van der Waals surface area (Å²) in [5.74, 6) is 2.15. The minimum atomic E-state index is -1.34. The van der Waals surface area contributed by atoms with E-state index < -0.39 is 8.07 Å². The first kappa shape index (κ1) is 46.7. The summed E-state index contributed by atoms with van der Waals surface area (Å²) in [6, 6.07) is 60.3. The van der Waals surface area contributed by atoms with E-state index in [0.717, 1.165) is 78.8 Å². The molecule has 4 aromatic heterocycles. The van der Waals surface area contributed by atoms with Gasteiger partial charge in [0.05, 0.1) is 30.5 Å². The fourth-order valence-corrected chi connectivity index (χ4v) is 11.5. The topological polar surface area (TPSA) is 48.8 Å². The van der Waals surface area contributed by atoms with Crippen molar-refractivity contribution in [3.63, 3.8) is 0 Å². The number of fused-ring (bicyclic) bond motifs is 7. The van der Waals surface area contributed by atoms with E-state index in [2.05, 4.69) is 221 Å². The van der Waals surface area contributed by atoms with Gasteiger partial charge in [0, 0.05) is 59.2 Å². The minimum Gasteiger partial charge on any atom is -0.500 e. The Morgan fingerprint density at radius 2 is 1.24 bits per heavy atom. The van der Waals surface area contributed by atoms with Crippen LogP contribution in [-0.4, -0.2) is 27.2 Å². The number of rotatable bonds is 9. The van der Waals surface area contributed by atoms with Crippen molar-refractivity contribution in [2.24, 2.45) is 5.92 Å². The summed E-state index contributed by atoms with van der Waals surface area (Å²) in [7, 11) is -1.34. The molecule has 11 aromatic rings. The van der Waals surface area contributed by atoms with Gasteiger partial charge in [-0.1, -0.05) is 163 Å². The number of imidazole rings is 1. The van der Waals surface area contributed by atoms with Crippen molar-refractivity contribution in [3.05, 3.63) is 187 Å². The SMILES string of the molecule is CC(C)Cc1cc(-c2[c-]cccc2)ncc1[Si](C)(C)C.CC(C)c1cccc(C(C)C)c1-n1c(-c2[c-]cc(-n3c4ccccc4c4ccccc43)c3c2oc2ccccc23)nc2ccccc21.[Ir]. The molecular weight excluding hydrogens is 1030 g/mol. The Hall–Kier alpha value is -6.37. The molecule has 343 valence electrons. The summed E-state index contributed by atoms with van der Waals surface area (Å²) in [4.78, 5) is 10.0. The summed E-state index contributed by atoms with van der Waals surface area (Å²) in [5, 5.41) is 6.07. The second kappa shape index (κ2) is 19.0.